The standard InChI is InChI=1S/C22H20N2O5/c25-19(11-12-21(27)28)23(14-13-16-7-3-1-4-8-16)18-15-20(26)24(22(18)29)17-9-5-2-6-10-17/h1-12,18H,13-15H2,(H,27,28)/b12-11-/t18-/m1/s1. The number of amides is 3. The average Bonchev–Trinajstić information content (AvgIpc) is 3.02. The van der Waals surface area contributed by atoms with Crippen LogP contribution in [0.3, 0.4) is 0 Å². The molecule has 3 amide bonds. The molecule has 1 aliphatic heterocycles. The van der Waals surface area contributed by atoms with E-state index in [1.54, 1.807) is 30.3 Å². The third-order valence-corrected chi connectivity index (χ3v) is 4.65. The second-order valence-corrected chi connectivity index (χ2v) is 6.56. The van der Waals surface area contributed by atoms with E-state index in [0.29, 0.717) is 12.1 Å². The molecule has 7 heteroatoms. The molecule has 3 rings (SSSR count). The van der Waals surface area contributed by atoms with Gasteiger partial charge < -0.3 is 10.0 Å². The first-order valence-electron chi connectivity index (χ1n) is 9.15. The van der Waals surface area contributed by atoms with Gasteiger partial charge in [0.1, 0.15) is 6.04 Å². The van der Waals surface area contributed by atoms with Gasteiger partial charge in [-0.25, -0.2) is 9.69 Å². The zero-order valence-corrected chi connectivity index (χ0v) is 15.6. The van der Waals surface area contributed by atoms with Gasteiger partial charge in [0.05, 0.1) is 12.1 Å². The van der Waals surface area contributed by atoms with Crippen molar-refractivity contribution in [3.8, 4) is 0 Å². The topological polar surface area (TPSA) is 95.0 Å². The lowest BCUT2D eigenvalue weighted by Crippen LogP contribution is -2.45. The maximum absolute atomic E-state index is 13.0. The molecule has 1 saturated heterocycles. The maximum atomic E-state index is 13.0. The molecule has 0 radical (unpaired) electrons. The van der Waals surface area contributed by atoms with Crippen molar-refractivity contribution >= 4 is 29.4 Å². The second-order valence-electron chi connectivity index (χ2n) is 6.56. The van der Waals surface area contributed by atoms with Crippen LogP contribution in [0.1, 0.15) is 12.0 Å². The van der Waals surface area contributed by atoms with Crippen molar-refractivity contribution in [2.24, 2.45) is 0 Å². The number of carbonyl (C=O) groups is 4. The van der Waals surface area contributed by atoms with Crippen molar-refractivity contribution in [1.29, 1.82) is 0 Å². The van der Waals surface area contributed by atoms with Crippen molar-refractivity contribution in [3.63, 3.8) is 0 Å². The van der Waals surface area contributed by atoms with Crippen LogP contribution < -0.4 is 4.90 Å². The van der Waals surface area contributed by atoms with Crippen molar-refractivity contribution in [2.75, 3.05) is 11.4 Å². The van der Waals surface area contributed by atoms with Crippen molar-refractivity contribution in [1.82, 2.24) is 4.90 Å². The van der Waals surface area contributed by atoms with Crippen molar-refractivity contribution in [2.45, 2.75) is 18.9 Å². The number of nitrogens with zero attached hydrogens (tertiary/aromatic N) is 2. The Labute approximate surface area is 167 Å². The number of carboxylic acid groups (broad SMARTS) is 1. The van der Waals surface area contributed by atoms with Gasteiger partial charge in [0.2, 0.25) is 11.8 Å². The summed E-state index contributed by atoms with van der Waals surface area (Å²) in [5.74, 6) is -2.78. The first-order valence-corrected chi connectivity index (χ1v) is 9.15. The van der Waals surface area contributed by atoms with Gasteiger partial charge in [0.15, 0.2) is 0 Å². The Bertz CT molecular complexity index is 940. The molecule has 0 aromatic heterocycles. The molecule has 1 fully saturated rings. The van der Waals surface area contributed by atoms with Crippen LogP contribution in [0.15, 0.2) is 72.8 Å². The summed E-state index contributed by atoms with van der Waals surface area (Å²) in [4.78, 5) is 51.3. The Morgan fingerprint density at radius 2 is 1.62 bits per heavy atom. The van der Waals surface area contributed by atoms with Crippen LogP contribution in [0.4, 0.5) is 5.69 Å². The molecule has 0 spiro atoms. The third-order valence-electron chi connectivity index (χ3n) is 4.65. The first-order chi connectivity index (χ1) is 14.0. The van der Waals surface area contributed by atoms with E-state index in [1.807, 2.05) is 30.3 Å². The maximum Gasteiger partial charge on any atom is 0.328 e. The minimum absolute atomic E-state index is 0.144. The number of hydrogen-bond donors (Lipinski definition) is 1. The Hall–Kier alpha value is -3.74. The van der Waals surface area contributed by atoms with Crippen LogP contribution in [-0.2, 0) is 25.6 Å². The molecule has 29 heavy (non-hydrogen) atoms. The number of aliphatic carboxylic acids is 1. The SMILES string of the molecule is O=C(O)/C=C\C(=O)N(CCc1ccccc1)[C@@H]1CC(=O)N(c2ccccc2)C1=O. The molecule has 2 aromatic rings. The highest BCUT2D eigenvalue weighted by Gasteiger charge is 2.43. The lowest BCUT2D eigenvalue weighted by atomic mass is 10.1. The monoisotopic (exact) mass is 392 g/mol. The van der Waals surface area contributed by atoms with Gasteiger partial charge in [-0.1, -0.05) is 48.5 Å². The van der Waals surface area contributed by atoms with Gasteiger partial charge >= 0.3 is 5.97 Å². The molecule has 1 aliphatic rings. The zero-order chi connectivity index (χ0) is 20.8. The summed E-state index contributed by atoms with van der Waals surface area (Å²) in [7, 11) is 0. The van der Waals surface area contributed by atoms with E-state index in [4.69, 9.17) is 5.11 Å². The van der Waals surface area contributed by atoms with E-state index >= 15 is 0 Å². The molecule has 0 aliphatic carbocycles. The smallest absolute Gasteiger partial charge is 0.328 e. The molecule has 2 aromatic carbocycles. The normalized spacial score (nSPS) is 16.4. The van der Waals surface area contributed by atoms with E-state index in [2.05, 4.69) is 0 Å². The van der Waals surface area contributed by atoms with Gasteiger partial charge in [-0.15, -0.1) is 0 Å². The summed E-state index contributed by atoms with van der Waals surface area (Å²) in [6.07, 6.45) is 1.97. The Morgan fingerprint density at radius 3 is 2.24 bits per heavy atom. The second kappa shape index (κ2) is 8.97. The molecule has 0 saturated carbocycles. The Morgan fingerprint density at radius 1 is 1.00 bits per heavy atom. The summed E-state index contributed by atoms with van der Waals surface area (Å²) in [5, 5.41) is 8.82. The molecular formula is C22H20N2O5. The fourth-order valence-corrected chi connectivity index (χ4v) is 3.26. The molecular weight excluding hydrogens is 372 g/mol. The summed E-state index contributed by atoms with van der Waals surface area (Å²) >= 11 is 0. The Kier molecular flexibility index (Phi) is 6.19. The van der Waals surface area contributed by atoms with Crippen molar-refractivity contribution in [3.05, 3.63) is 78.4 Å². The molecule has 1 N–H and O–H groups in total. The first kappa shape index (κ1) is 20.0. The van der Waals surface area contributed by atoms with Crippen LogP contribution in [0, 0.1) is 0 Å². The summed E-state index contributed by atoms with van der Waals surface area (Å²) in [6.45, 7) is 0.180. The van der Waals surface area contributed by atoms with Crippen LogP contribution in [0.5, 0.6) is 0 Å². The van der Waals surface area contributed by atoms with Gasteiger partial charge in [-0.2, -0.15) is 0 Å². The summed E-state index contributed by atoms with van der Waals surface area (Å²) < 4.78 is 0. The number of para-hydroxylation sites is 1. The number of carboxylic acids is 1. The lowest BCUT2D eigenvalue weighted by molar-refractivity contribution is -0.135. The van der Waals surface area contributed by atoms with Crippen LogP contribution in [0.2, 0.25) is 0 Å². The quantitative estimate of drug-likeness (QED) is 0.575. The van der Waals surface area contributed by atoms with Crippen LogP contribution in [-0.4, -0.2) is 46.3 Å². The molecule has 1 atom stereocenters. The largest absolute Gasteiger partial charge is 0.478 e. The van der Waals surface area contributed by atoms with E-state index in [0.717, 1.165) is 22.6 Å². The number of benzene rings is 2. The summed E-state index contributed by atoms with van der Waals surface area (Å²) in [5.41, 5.74) is 1.41. The lowest BCUT2D eigenvalue weighted by Gasteiger charge is -2.26. The molecule has 0 bridgehead atoms. The minimum atomic E-state index is -1.26. The Balaban J connectivity index is 1.84. The third kappa shape index (κ3) is 4.76. The minimum Gasteiger partial charge on any atom is -0.478 e. The van der Waals surface area contributed by atoms with E-state index < -0.39 is 29.7 Å². The zero-order valence-electron chi connectivity index (χ0n) is 15.6. The molecule has 0 unspecified atom stereocenters. The predicted molar refractivity (Wildman–Crippen MR) is 106 cm³/mol. The van der Waals surface area contributed by atoms with Crippen LogP contribution >= 0.6 is 0 Å². The number of anilines is 1. The molecule has 148 valence electrons. The van der Waals surface area contributed by atoms with Gasteiger partial charge in [0, 0.05) is 18.7 Å². The van der Waals surface area contributed by atoms with E-state index in [9.17, 15) is 19.2 Å². The van der Waals surface area contributed by atoms with Gasteiger partial charge in [-0.3, -0.25) is 14.4 Å². The predicted octanol–water partition coefficient (Wildman–Crippen LogP) is 2.03. The van der Waals surface area contributed by atoms with Gasteiger partial charge in [0.25, 0.3) is 5.91 Å². The van der Waals surface area contributed by atoms with E-state index in [-0.39, 0.29) is 13.0 Å². The highest BCUT2D eigenvalue weighted by Crippen LogP contribution is 2.26. The number of rotatable bonds is 7. The fourth-order valence-electron chi connectivity index (χ4n) is 3.26. The summed E-state index contributed by atoms with van der Waals surface area (Å²) in [6, 6.07) is 16.9. The molecule has 7 nitrogen and oxygen atoms in total. The number of hydrogen-bond acceptors (Lipinski definition) is 4. The fraction of sp³-hybridized carbons (Fsp3) is 0.182. The number of carbonyl (C=O) groups excluding carboxylic acids is 3. The van der Waals surface area contributed by atoms with Gasteiger partial charge in [-0.05, 0) is 24.1 Å². The highest BCUT2D eigenvalue weighted by atomic mass is 16.4. The number of imide groups is 1. The van der Waals surface area contributed by atoms with E-state index in [1.165, 1.54) is 4.90 Å². The molecule has 1 heterocycles. The highest BCUT2D eigenvalue weighted by molar-refractivity contribution is 6.23. The van der Waals surface area contributed by atoms with Crippen molar-refractivity contribution < 1.29 is 24.3 Å². The van der Waals surface area contributed by atoms with Crippen LogP contribution in [0.25, 0.3) is 0 Å². The average molecular weight is 392 g/mol.